The van der Waals surface area contributed by atoms with Crippen molar-refractivity contribution in [1.82, 2.24) is 9.78 Å². The van der Waals surface area contributed by atoms with Gasteiger partial charge in [0.2, 0.25) is 0 Å². The molecule has 0 fully saturated rings. The fraction of sp³-hybridized carbons (Fsp3) is 0.267. The first kappa shape index (κ1) is 14.8. The lowest BCUT2D eigenvalue weighted by molar-refractivity contribution is 0.338. The Morgan fingerprint density at radius 1 is 1.35 bits per heavy atom. The molecule has 0 aliphatic carbocycles. The Balaban J connectivity index is 2.53. The standard InChI is InChI=1S/C15H16BrFN2O/c1-4-20-14-7-11(17)6-13(8-14)19-12(5-10(2)3)9-15(16)18-19/h5-9H,4H2,1-3H3. The van der Waals surface area contributed by atoms with E-state index in [2.05, 4.69) is 21.0 Å². The molecule has 2 rings (SSSR count). The first-order valence-electron chi connectivity index (χ1n) is 6.34. The first-order valence-corrected chi connectivity index (χ1v) is 7.13. The summed E-state index contributed by atoms with van der Waals surface area (Å²) in [6.07, 6.45) is 1.99. The Morgan fingerprint density at radius 2 is 2.10 bits per heavy atom. The number of nitrogens with zero attached hydrogens (tertiary/aromatic N) is 2. The zero-order chi connectivity index (χ0) is 14.7. The second-order valence-electron chi connectivity index (χ2n) is 4.60. The predicted octanol–water partition coefficient (Wildman–Crippen LogP) is 4.60. The van der Waals surface area contributed by atoms with Crippen LogP contribution < -0.4 is 4.74 Å². The molecule has 20 heavy (non-hydrogen) atoms. The lowest BCUT2D eigenvalue weighted by atomic mass is 10.2. The van der Waals surface area contributed by atoms with Crippen molar-refractivity contribution in [2.75, 3.05) is 6.61 Å². The average Bonchev–Trinajstić information content (AvgIpc) is 2.69. The van der Waals surface area contributed by atoms with Gasteiger partial charge in [0.05, 0.1) is 18.0 Å². The smallest absolute Gasteiger partial charge is 0.129 e. The first-order chi connectivity index (χ1) is 9.49. The van der Waals surface area contributed by atoms with Crippen LogP contribution in [-0.2, 0) is 0 Å². The van der Waals surface area contributed by atoms with Crippen LogP contribution in [0.15, 0.2) is 34.4 Å². The number of rotatable bonds is 4. The minimum atomic E-state index is -0.347. The number of hydrogen-bond acceptors (Lipinski definition) is 2. The zero-order valence-electron chi connectivity index (χ0n) is 11.7. The third-order valence-corrected chi connectivity index (χ3v) is 2.94. The summed E-state index contributed by atoms with van der Waals surface area (Å²) in [4.78, 5) is 0. The number of hydrogen-bond donors (Lipinski definition) is 0. The van der Waals surface area contributed by atoms with Crippen LogP contribution in [0.25, 0.3) is 11.8 Å². The third-order valence-electron chi connectivity index (χ3n) is 2.56. The van der Waals surface area contributed by atoms with E-state index in [1.54, 1.807) is 10.7 Å². The van der Waals surface area contributed by atoms with E-state index in [1.165, 1.54) is 12.1 Å². The van der Waals surface area contributed by atoms with Gasteiger partial charge in [0.15, 0.2) is 0 Å². The van der Waals surface area contributed by atoms with Crippen LogP contribution >= 0.6 is 15.9 Å². The van der Waals surface area contributed by atoms with Crippen molar-refractivity contribution in [3.63, 3.8) is 0 Å². The van der Waals surface area contributed by atoms with Gasteiger partial charge in [-0.05, 0) is 54.9 Å². The lowest BCUT2D eigenvalue weighted by Crippen LogP contribution is -2.01. The second-order valence-corrected chi connectivity index (χ2v) is 5.42. The topological polar surface area (TPSA) is 27.1 Å². The molecule has 2 aromatic rings. The van der Waals surface area contributed by atoms with Crippen LogP contribution in [0.2, 0.25) is 0 Å². The quantitative estimate of drug-likeness (QED) is 0.814. The van der Waals surface area contributed by atoms with Gasteiger partial charge in [-0.3, -0.25) is 0 Å². The maximum Gasteiger partial charge on any atom is 0.129 e. The molecule has 0 aliphatic heterocycles. The summed E-state index contributed by atoms with van der Waals surface area (Å²) in [7, 11) is 0. The van der Waals surface area contributed by atoms with Crippen LogP contribution in [0.4, 0.5) is 4.39 Å². The number of benzene rings is 1. The number of aromatic nitrogens is 2. The van der Waals surface area contributed by atoms with E-state index >= 15 is 0 Å². The van der Waals surface area contributed by atoms with Gasteiger partial charge in [0, 0.05) is 12.1 Å². The Hall–Kier alpha value is -1.62. The van der Waals surface area contributed by atoms with Crippen LogP contribution in [0, 0.1) is 5.82 Å². The Kier molecular flexibility index (Phi) is 4.60. The normalized spacial score (nSPS) is 10.4. The molecule has 1 heterocycles. The summed E-state index contributed by atoms with van der Waals surface area (Å²) in [6, 6.07) is 6.46. The summed E-state index contributed by atoms with van der Waals surface area (Å²) in [5.74, 6) is 0.151. The summed E-state index contributed by atoms with van der Waals surface area (Å²) in [5.41, 5.74) is 2.65. The van der Waals surface area contributed by atoms with Gasteiger partial charge in [0.25, 0.3) is 0 Å². The molecule has 0 amide bonds. The van der Waals surface area contributed by atoms with Gasteiger partial charge < -0.3 is 4.74 Å². The molecule has 106 valence electrons. The maximum atomic E-state index is 13.7. The van der Waals surface area contributed by atoms with E-state index < -0.39 is 0 Å². The molecule has 5 heteroatoms. The molecule has 1 aromatic carbocycles. The molecule has 0 aliphatic rings. The second kappa shape index (κ2) is 6.22. The largest absolute Gasteiger partial charge is 0.494 e. The van der Waals surface area contributed by atoms with Crippen molar-refractivity contribution in [2.24, 2.45) is 0 Å². The highest BCUT2D eigenvalue weighted by atomic mass is 79.9. The average molecular weight is 339 g/mol. The van der Waals surface area contributed by atoms with Crippen LogP contribution in [0.3, 0.4) is 0 Å². The highest BCUT2D eigenvalue weighted by molar-refractivity contribution is 9.10. The van der Waals surface area contributed by atoms with E-state index in [4.69, 9.17) is 4.74 Å². The molecular formula is C15H16BrFN2O. The molecule has 0 unspecified atom stereocenters. The summed E-state index contributed by atoms with van der Waals surface area (Å²) in [6.45, 7) is 6.36. The van der Waals surface area contributed by atoms with Gasteiger partial charge >= 0.3 is 0 Å². The van der Waals surface area contributed by atoms with Gasteiger partial charge in [-0.15, -0.1) is 0 Å². The number of allylic oxidation sites excluding steroid dienone is 1. The molecule has 0 N–H and O–H groups in total. The molecular weight excluding hydrogens is 323 g/mol. The van der Waals surface area contributed by atoms with Crippen molar-refractivity contribution >= 4 is 22.0 Å². The number of ether oxygens (including phenoxy) is 1. The number of halogens is 2. The maximum absolute atomic E-state index is 13.7. The van der Waals surface area contributed by atoms with E-state index in [0.29, 0.717) is 22.6 Å². The fourth-order valence-corrected chi connectivity index (χ4v) is 2.28. The van der Waals surface area contributed by atoms with Gasteiger partial charge in [-0.2, -0.15) is 5.10 Å². The minimum Gasteiger partial charge on any atom is -0.494 e. The SMILES string of the molecule is CCOc1cc(F)cc(-n2nc(Br)cc2C=C(C)C)c1. The summed E-state index contributed by atoms with van der Waals surface area (Å²) >= 11 is 3.35. The van der Waals surface area contributed by atoms with Crippen molar-refractivity contribution in [1.29, 1.82) is 0 Å². The van der Waals surface area contributed by atoms with E-state index in [9.17, 15) is 4.39 Å². The third kappa shape index (κ3) is 3.48. The predicted molar refractivity (Wildman–Crippen MR) is 81.7 cm³/mol. The van der Waals surface area contributed by atoms with Gasteiger partial charge in [-0.25, -0.2) is 9.07 Å². The van der Waals surface area contributed by atoms with Crippen molar-refractivity contribution < 1.29 is 9.13 Å². The Morgan fingerprint density at radius 3 is 2.75 bits per heavy atom. The summed E-state index contributed by atoms with van der Waals surface area (Å²) in [5, 5.41) is 4.34. The van der Waals surface area contributed by atoms with Gasteiger partial charge in [-0.1, -0.05) is 5.57 Å². The lowest BCUT2D eigenvalue weighted by Gasteiger charge is -2.09. The van der Waals surface area contributed by atoms with E-state index in [-0.39, 0.29) is 5.82 Å². The summed E-state index contributed by atoms with van der Waals surface area (Å²) < 4.78 is 21.4. The monoisotopic (exact) mass is 338 g/mol. The minimum absolute atomic E-state index is 0.347. The molecule has 0 bridgehead atoms. The Bertz CT molecular complexity index is 645. The molecule has 0 atom stereocenters. The zero-order valence-corrected chi connectivity index (χ0v) is 13.2. The van der Waals surface area contributed by atoms with E-state index in [1.807, 2.05) is 32.9 Å². The van der Waals surface area contributed by atoms with Gasteiger partial charge in [0.1, 0.15) is 16.2 Å². The highest BCUT2D eigenvalue weighted by Crippen LogP contribution is 2.23. The molecule has 0 spiro atoms. The van der Waals surface area contributed by atoms with Crippen molar-refractivity contribution in [3.8, 4) is 11.4 Å². The van der Waals surface area contributed by atoms with Crippen LogP contribution in [0.5, 0.6) is 5.75 Å². The Labute approximate surface area is 126 Å². The van der Waals surface area contributed by atoms with Crippen LogP contribution in [-0.4, -0.2) is 16.4 Å². The fourth-order valence-electron chi connectivity index (χ4n) is 1.89. The molecule has 0 saturated heterocycles. The highest BCUT2D eigenvalue weighted by Gasteiger charge is 2.09. The molecule has 3 nitrogen and oxygen atoms in total. The molecule has 0 saturated carbocycles. The van der Waals surface area contributed by atoms with Crippen molar-refractivity contribution in [3.05, 3.63) is 46.0 Å². The molecule has 0 radical (unpaired) electrons. The van der Waals surface area contributed by atoms with Crippen molar-refractivity contribution in [2.45, 2.75) is 20.8 Å². The molecule has 1 aromatic heterocycles. The van der Waals surface area contributed by atoms with E-state index in [0.717, 1.165) is 11.3 Å². The van der Waals surface area contributed by atoms with Crippen LogP contribution in [0.1, 0.15) is 26.5 Å².